The van der Waals surface area contributed by atoms with Gasteiger partial charge in [-0.25, -0.2) is 12.8 Å². The summed E-state index contributed by atoms with van der Waals surface area (Å²) >= 11 is 6.33. The maximum Gasteiger partial charge on any atom is 0.263 e. The lowest BCUT2D eigenvalue weighted by atomic mass is 10.0. The van der Waals surface area contributed by atoms with Crippen LogP contribution in [0.2, 0.25) is 5.02 Å². The second-order valence-electron chi connectivity index (χ2n) is 8.07. The van der Waals surface area contributed by atoms with Crippen molar-refractivity contribution in [3.8, 4) is 28.3 Å². The van der Waals surface area contributed by atoms with Gasteiger partial charge in [0.25, 0.3) is 15.6 Å². The molecule has 0 spiro atoms. The van der Waals surface area contributed by atoms with Gasteiger partial charge in [-0.15, -0.1) is 0 Å². The highest BCUT2D eigenvalue weighted by Gasteiger charge is 2.20. The fraction of sp³-hybridized carbons (Fsp3) is 0.0769. The third-order valence-electron chi connectivity index (χ3n) is 5.83. The van der Waals surface area contributed by atoms with Gasteiger partial charge in [0.1, 0.15) is 23.6 Å². The van der Waals surface area contributed by atoms with Crippen molar-refractivity contribution in [2.24, 2.45) is 0 Å². The number of benzene rings is 3. The fourth-order valence-corrected chi connectivity index (χ4v) is 5.27. The Morgan fingerprint density at radius 3 is 2.50 bits per heavy atom. The second-order valence-corrected chi connectivity index (χ2v) is 10.2. The van der Waals surface area contributed by atoms with Crippen LogP contribution >= 0.6 is 11.6 Å². The van der Waals surface area contributed by atoms with Gasteiger partial charge in [0.2, 0.25) is 0 Å². The van der Waals surface area contributed by atoms with Crippen LogP contribution in [0, 0.1) is 5.82 Å². The van der Waals surface area contributed by atoms with Crippen LogP contribution in [0.5, 0.6) is 11.5 Å². The van der Waals surface area contributed by atoms with Crippen LogP contribution in [-0.2, 0) is 10.0 Å². The summed E-state index contributed by atoms with van der Waals surface area (Å²) in [7, 11) is -1.12. The Labute approximate surface area is 221 Å². The predicted octanol–water partition coefficient (Wildman–Crippen LogP) is 5.26. The number of methoxy groups -OCH3 is 2. The summed E-state index contributed by atoms with van der Waals surface area (Å²) in [4.78, 5) is 12.9. The molecular formula is C26H19ClFN3O6S. The maximum absolute atomic E-state index is 15.5. The molecule has 0 saturated heterocycles. The minimum atomic E-state index is -4.00. The number of sulfonamides is 1. The van der Waals surface area contributed by atoms with Crippen LogP contribution < -0.4 is 19.8 Å². The Kier molecular flexibility index (Phi) is 6.55. The van der Waals surface area contributed by atoms with Gasteiger partial charge in [-0.3, -0.25) is 14.1 Å². The van der Waals surface area contributed by atoms with Gasteiger partial charge in [0.15, 0.2) is 5.82 Å². The number of ether oxygens (including phenoxy) is 2. The molecule has 194 valence electrons. The molecule has 2 heterocycles. The number of nitrogens with zero attached hydrogens (tertiary/aromatic N) is 2. The van der Waals surface area contributed by atoms with Gasteiger partial charge in [-0.05, 0) is 48.5 Å². The number of fused-ring (bicyclic) bond motifs is 1. The Hall–Kier alpha value is -4.35. The predicted molar refractivity (Wildman–Crippen MR) is 140 cm³/mol. The molecule has 0 atom stereocenters. The van der Waals surface area contributed by atoms with E-state index < -0.39 is 21.4 Å². The molecule has 3 aromatic carbocycles. The first-order valence-corrected chi connectivity index (χ1v) is 12.9. The summed E-state index contributed by atoms with van der Waals surface area (Å²) in [5.74, 6) is 0.0440. The molecule has 0 saturated carbocycles. The zero-order chi connectivity index (χ0) is 27.0. The molecule has 1 N–H and O–H groups in total. The maximum atomic E-state index is 15.5. The van der Waals surface area contributed by atoms with Crippen LogP contribution in [0.15, 0.2) is 87.2 Å². The van der Waals surface area contributed by atoms with Crippen LogP contribution in [0.1, 0.15) is 0 Å². The van der Waals surface area contributed by atoms with E-state index in [0.717, 1.165) is 0 Å². The lowest BCUT2D eigenvalue weighted by molar-refractivity contribution is 0.411. The van der Waals surface area contributed by atoms with Crippen molar-refractivity contribution >= 4 is 38.3 Å². The molecule has 0 bridgehead atoms. The summed E-state index contributed by atoms with van der Waals surface area (Å²) in [5, 5.41) is 4.26. The first-order valence-electron chi connectivity index (χ1n) is 11.0. The molecule has 9 nitrogen and oxygen atoms in total. The first kappa shape index (κ1) is 25.3. The minimum absolute atomic E-state index is 0.0199. The largest absolute Gasteiger partial charge is 0.497 e. The lowest BCUT2D eigenvalue weighted by Gasteiger charge is -2.17. The first-order chi connectivity index (χ1) is 18.2. The van der Waals surface area contributed by atoms with Gasteiger partial charge < -0.3 is 14.0 Å². The summed E-state index contributed by atoms with van der Waals surface area (Å²) in [6.45, 7) is 0. The highest BCUT2D eigenvalue weighted by Crippen LogP contribution is 2.38. The van der Waals surface area contributed by atoms with E-state index in [2.05, 4.69) is 14.4 Å². The zero-order valence-electron chi connectivity index (χ0n) is 19.9. The van der Waals surface area contributed by atoms with E-state index in [-0.39, 0.29) is 27.7 Å². The number of halogens is 2. The van der Waals surface area contributed by atoms with E-state index in [1.807, 2.05) is 0 Å². The third-order valence-corrected chi connectivity index (χ3v) is 7.51. The molecule has 0 aliphatic rings. The van der Waals surface area contributed by atoms with Crippen LogP contribution in [0.3, 0.4) is 0 Å². The van der Waals surface area contributed by atoms with Gasteiger partial charge in [-0.1, -0.05) is 16.8 Å². The van der Waals surface area contributed by atoms with Crippen LogP contribution in [0.25, 0.3) is 27.7 Å². The van der Waals surface area contributed by atoms with E-state index >= 15 is 4.39 Å². The van der Waals surface area contributed by atoms with Crippen molar-refractivity contribution in [3.05, 3.63) is 94.2 Å². The molecule has 0 aliphatic carbocycles. The summed E-state index contributed by atoms with van der Waals surface area (Å²) in [5.41, 5.74) is 0.518. The number of hydrogen-bond acceptors (Lipinski definition) is 7. The van der Waals surface area contributed by atoms with Crippen molar-refractivity contribution in [1.82, 2.24) is 9.72 Å². The van der Waals surface area contributed by atoms with Crippen molar-refractivity contribution in [2.45, 2.75) is 4.90 Å². The summed E-state index contributed by atoms with van der Waals surface area (Å²) in [6, 6.07) is 15.7. The Balaban J connectivity index is 1.65. The third kappa shape index (κ3) is 4.57. The molecule has 0 amide bonds. The molecule has 0 aliphatic heterocycles. The number of hydrogen-bond donors (Lipinski definition) is 1. The average molecular weight is 556 g/mol. The van der Waals surface area contributed by atoms with Crippen molar-refractivity contribution < 1.29 is 26.8 Å². The van der Waals surface area contributed by atoms with Crippen molar-refractivity contribution in [2.75, 3.05) is 18.9 Å². The Morgan fingerprint density at radius 1 is 0.974 bits per heavy atom. The molecule has 12 heteroatoms. The highest BCUT2D eigenvalue weighted by molar-refractivity contribution is 7.92. The number of aromatic nitrogens is 2. The molecule has 2 aromatic heterocycles. The number of nitrogens with one attached hydrogen (secondary N) is 1. The summed E-state index contributed by atoms with van der Waals surface area (Å²) < 4.78 is 60.1. The highest BCUT2D eigenvalue weighted by atomic mass is 35.5. The minimum Gasteiger partial charge on any atom is -0.497 e. The van der Waals surface area contributed by atoms with Gasteiger partial charge in [0, 0.05) is 39.7 Å². The smallest absolute Gasteiger partial charge is 0.263 e. The molecule has 0 unspecified atom stereocenters. The number of anilines is 1. The second kappa shape index (κ2) is 9.84. The fourth-order valence-electron chi connectivity index (χ4n) is 4.03. The Bertz CT molecular complexity index is 1840. The SMILES string of the molecule is COc1ccc(Cl)c(-c2cc(OC)c(-n3c(=O)ccc4cc(S(=O)(=O)Nc5ccon5)ccc43)cc2F)c1. The van der Waals surface area contributed by atoms with Gasteiger partial charge in [0.05, 0.1) is 30.3 Å². The van der Waals surface area contributed by atoms with E-state index in [4.69, 9.17) is 21.1 Å². The van der Waals surface area contributed by atoms with Gasteiger partial charge >= 0.3 is 0 Å². The topological polar surface area (TPSA) is 113 Å². The van der Waals surface area contributed by atoms with E-state index in [0.29, 0.717) is 27.2 Å². The molecule has 0 radical (unpaired) electrons. The molecular weight excluding hydrogens is 537 g/mol. The van der Waals surface area contributed by atoms with Crippen molar-refractivity contribution in [1.29, 1.82) is 0 Å². The molecule has 0 fully saturated rings. The van der Waals surface area contributed by atoms with Crippen LogP contribution in [-0.4, -0.2) is 32.4 Å². The molecule has 5 rings (SSSR count). The molecule has 5 aromatic rings. The molecule has 38 heavy (non-hydrogen) atoms. The van der Waals surface area contributed by atoms with Crippen LogP contribution in [0.4, 0.5) is 10.2 Å². The average Bonchev–Trinajstić information content (AvgIpc) is 3.41. The monoisotopic (exact) mass is 555 g/mol. The quantitative estimate of drug-likeness (QED) is 0.291. The zero-order valence-corrected chi connectivity index (χ0v) is 21.5. The van der Waals surface area contributed by atoms with Gasteiger partial charge in [-0.2, -0.15) is 0 Å². The van der Waals surface area contributed by atoms with E-state index in [9.17, 15) is 13.2 Å². The lowest BCUT2D eigenvalue weighted by Crippen LogP contribution is -2.19. The van der Waals surface area contributed by atoms with E-state index in [1.54, 1.807) is 18.2 Å². The number of pyridine rings is 1. The Morgan fingerprint density at radius 2 is 1.79 bits per heavy atom. The van der Waals surface area contributed by atoms with Crippen molar-refractivity contribution in [3.63, 3.8) is 0 Å². The van der Waals surface area contributed by atoms with E-state index in [1.165, 1.54) is 73.6 Å². The number of rotatable bonds is 7. The standard InChI is InChI=1S/C26H19ClFN3O6S/c1-35-16-4-6-20(27)18(12-16)19-13-24(36-2)23(14-21(19)28)31-22-7-5-17(11-15(22)3-8-26(31)32)38(33,34)30-25-9-10-37-29-25/h3-14H,1-2H3,(H,29,30). The summed E-state index contributed by atoms with van der Waals surface area (Å²) in [6.07, 6.45) is 1.23. The normalized spacial score (nSPS) is 11.5.